The monoisotopic (exact) mass is 1020 g/mol. The number of aromatic nitrogens is 4. The summed E-state index contributed by atoms with van der Waals surface area (Å²) in [6, 6.07) is 45.4. The Morgan fingerprint density at radius 2 is 1.53 bits per heavy atom. The van der Waals surface area contributed by atoms with Crippen molar-refractivity contribution in [3.05, 3.63) is 162 Å². The van der Waals surface area contributed by atoms with Gasteiger partial charge in [-0.3, -0.25) is 4.98 Å². The van der Waals surface area contributed by atoms with E-state index in [0.717, 1.165) is 49.8 Å². The van der Waals surface area contributed by atoms with Gasteiger partial charge in [0.25, 0.3) is 0 Å². The topological polar surface area (TPSA) is 43.6 Å². The van der Waals surface area contributed by atoms with Gasteiger partial charge in [0.2, 0.25) is 0 Å². The number of rotatable bonds is 6. The number of imidazole rings is 1. The van der Waals surface area contributed by atoms with E-state index in [1.54, 1.807) is 23.5 Å². The van der Waals surface area contributed by atoms with Crippen LogP contribution in [0.3, 0.4) is 0 Å². The van der Waals surface area contributed by atoms with E-state index < -0.39 is 26.0 Å². The van der Waals surface area contributed by atoms with E-state index in [-0.39, 0.29) is 25.7 Å². The van der Waals surface area contributed by atoms with Crippen LogP contribution in [0.25, 0.3) is 70.8 Å². The Bertz CT molecular complexity index is 3050. The average molecular weight is 1020 g/mol. The van der Waals surface area contributed by atoms with Gasteiger partial charge in [0.05, 0.1) is 16.9 Å². The smallest absolute Gasteiger partial charge is 0 e. The summed E-state index contributed by atoms with van der Waals surface area (Å²) in [5, 5.41) is 2.39. The van der Waals surface area contributed by atoms with Gasteiger partial charge in [-0.2, -0.15) is 11.3 Å². The number of fused-ring (bicyclic) bond motifs is 4. The summed E-state index contributed by atoms with van der Waals surface area (Å²) in [5.74, 6) is 7.09. The summed E-state index contributed by atoms with van der Waals surface area (Å²) < 4.78 is 35.5. The van der Waals surface area contributed by atoms with Crippen molar-refractivity contribution in [1.29, 1.82) is 0 Å². The molecule has 0 spiro atoms. The quantitative estimate of drug-likeness (QED) is 0.123. The largest absolute Gasteiger partial charge is 0 e. The zero-order chi connectivity index (χ0) is 43.4. The molecule has 0 fully saturated rings. The van der Waals surface area contributed by atoms with Crippen LogP contribution in [0.15, 0.2) is 121 Å². The third kappa shape index (κ3) is 8.13. The van der Waals surface area contributed by atoms with Crippen LogP contribution >= 0.6 is 11.3 Å². The fourth-order valence-electron chi connectivity index (χ4n) is 7.60. The molecule has 0 aliphatic heterocycles. The van der Waals surface area contributed by atoms with E-state index >= 15 is 0 Å². The van der Waals surface area contributed by atoms with Gasteiger partial charge in [-0.15, -0.1) is 18.2 Å². The van der Waals surface area contributed by atoms with Crippen molar-refractivity contribution in [2.24, 2.45) is 0 Å². The van der Waals surface area contributed by atoms with Crippen molar-refractivity contribution in [2.45, 2.75) is 64.6 Å². The number of hydrogen-bond acceptors (Lipinski definition) is 4. The van der Waals surface area contributed by atoms with Gasteiger partial charge in [-0.1, -0.05) is 59.5 Å². The zero-order valence-corrected chi connectivity index (χ0v) is 39.4. The Balaban J connectivity index is 0.000000202. The molecule has 7 heteroatoms. The van der Waals surface area contributed by atoms with Gasteiger partial charge >= 0.3 is 131 Å². The van der Waals surface area contributed by atoms with Crippen LogP contribution < -0.4 is 4.40 Å². The molecule has 0 atom stereocenters. The molecule has 0 N–H and O–H groups in total. The van der Waals surface area contributed by atoms with Crippen LogP contribution in [-0.2, 0) is 20.1 Å². The predicted molar refractivity (Wildman–Crippen MR) is 246 cm³/mol. The molecule has 5 aromatic carbocycles. The van der Waals surface area contributed by atoms with Gasteiger partial charge in [-0.05, 0) is 83.4 Å². The maximum Gasteiger partial charge on any atom is 0 e. The Hall–Kier alpha value is -4.72. The van der Waals surface area contributed by atoms with Crippen molar-refractivity contribution < 1.29 is 25.6 Å². The molecular formula is C51H48GeIrN4S-2. The molecule has 58 heavy (non-hydrogen) atoms. The Kier molecular flexibility index (Phi) is 10.6. The molecule has 0 amide bonds. The fourth-order valence-corrected chi connectivity index (χ4v) is 12.1. The number of hydrogen-bond donors (Lipinski definition) is 0. The second-order valence-electron chi connectivity index (χ2n) is 15.9. The number of aryl methyl sites for hydroxylation is 4. The van der Waals surface area contributed by atoms with Crippen LogP contribution in [0, 0.1) is 39.8 Å². The average Bonchev–Trinajstić information content (AvgIpc) is 3.78. The van der Waals surface area contributed by atoms with E-state index in [9.17, 15) is 0 Å². The summed E-state index contributed by atoms with van der Waals surface area (Å²) in [5.41, 5.74) is 12.9. The molecule has 293 valence electrons. The SMILES string of the molecule is Cc1ccc2c(n1)sc1c(-c3nc4ccccc4n3-c3c(C)cc(-c4ccccc4)cc3C)[c-]ccc12.[2H]C([2H])([2H])c1c[c-]c(-c2cc(C([2H])(C)C)[c]([Ge]([CH3])([CH3])[CH3])cn2)cc1.[Ir]. The minimum Gasteiger partial charge on any atom is 0 e. The molecule has 4 heterocycles. The van der Waals surface area contributed by atoms with E-state index in [4.69, 9.17) is 15.5 Å². The van der Waals surface area contributed by atoms with Crippen LogP contribution in [0.4, 0.5) is 0 Å². The Labute approximate surface area is 368 Å². The van der Waals surface area contributed by atoms with Crippen molar-refractivity contribution in [3.8, 4) is 39.5 Å². The summed E-state index contributed by atoms with van der Waals surface area (Å²) in [6.07, 6.45) is 1.91. The minimum atomic E-state index is -2.14. The van der Waals surface area contributed by atoms with Gasteiger partial charge in [0.15, 0.2) is 0 Å². The van der Waals surface area contributed by atoms with Crippen molar-refractivity contribution in [2.75, 3.05) is 0 Å². The maximum absolute atomic E-state index is 8.49. The first-order valence-electron chi connectivity index (χ1n) is 21.3. The molecule has 0 aliphatic carbocycles. The van der Waals surface area contributed by atoms with Crippen molar-refractivity contribution in [3.63, 3.8) is 0 Å². The summed E-state index contributed by atoms with van der Waals surface area (Å²) in [4.78, 5) is 15.6. The fraction of sp³-hybridized carbons (Fsp3) is 0.196. The van der Waals surface area contributed by atoms with Crippen LogP contribution in [0.2, 0.25) is 17.3 Å². The first-order chi connectivity index (χ1) is 28.9. The van der Waals surface area contributed by atoms with E-state index in [1.807, 2.05) is 39.1 Å². The normalized spacial score (nSPS) is 13.0. The molecule has 9 rings (SSSR count). The molecule has 0 bridgehead atoms. The van der Waals surface area contributed by atoms with Gasteiger partial charge in [-0.25, -0.2) is 4.98 Å². The molecule has 9 aromatic rings. The number of benzene rings is 5. The van der Waals surface area contributed by atoms with Crippen LogP contribution in [-0.4, -0.2) is 32.8 Å². The first kappa shape index (κ1) is 36.4. The molecule has 0 unspecified atom stereocenters. The van der Waals surface area contributed by atoms with Crippen molar-refractivity contribution >= 4 is 60.3 Å². The number of pyridine rings is 2. The molecule has 0 saturated carbocycles. The Morgan fingerprint density at radius 3 is 2.22 bits per heavy atom. The molecule has 0 aliphatic rings. The van der Waals surface area contributed by atoms with Crippen molar-refractivity contribution in [1.82, 2.24) is 19.5 Å². The maximum atomic E-state index is 8.49. The molecular weight excluding hydrogens is 965 g/mol. The number of nitrogens with zero attached hydrogens (tertiary/aromatic N) is 4. The minimum absolute atomic E-state index is 0. The molecule has 4 aromatic heterocycles. The molecule has 4 nitrogen and oxygen atoms in total. The second kappa shape index (κ2) is 16.9. The van der Waals surface area contributed by atoms with Gasteiger partial charge in [0, 0.05) is 31.5 Å². The summed E-state index contributed by atoms with van der Waals surface area (Å²) in [7, 11) is 0. The van der Waals surface area contributed by atoms with Gasteiger partial charge < -0.3 is 4.57 Å². The third-order valence-electron chi connectivity index (χ3n) is 10.4. The third-order valence-corrected chi connectivity index (χ3v) is 15.7. The van der Waals surface area contributed by atoms with E-state index in [0.29, 0.717) is 0 Å². The molecule has 1 radical (unpaired) electrons. The first-order valence-corrected chi connectivity index (χ1v) is 27.4. The Morgan fingerprint density at radius 1 is 0.793 bits per heavy atom. The second-order valence-corrected chi connectivity index (χ2v) is 27.5. The van der Waals surface area contributed by atoms with E-state index in [1.165, 1.54) is 53.9 Å². The standard InChI is InChI=1S/C33H24N3S.C18H24GeN.Ir/c1-20-18-24(23-10-5-4-6-11-23)19-21(2)30(20)36-29-15-8-7-14-28(29)35-32(36)27-13-9-12-25-26-17-16-22(3)34-33(26)37-31(25)27;1-13(2)16-11-18(15-9-7-14(3)8-10-15)20-12-17(16)19(4,5)6;/h4-12,14-19H,1-3H3;7-9,11-13H,1-6H3;/q2*-1;/i;3D3,13D;. The number of para-hydroxylation sites is 2. The van der Waals surface area contributed by atoms with Crippen LogP contribution in [0.5, 0.6) is 0 Å². The zero-order valence-electron chi connectivity index (χ0n) is 38.1. The van der Waals surface area contributed by atoms with Crippen LogP contribution in [0.1, 0.15) is 53.2 Å². The molecule has 0 saturated heterocycles. The number of thiophene rings is 1. The predicted octanol–water partition coefficient (Wildman–Crippen LogP) is 13.4. The summed E-state index contributed by atoms with van der Waals surface area (Å²) >= 11 is -0.417. The van der Waals surface area contributed by atoms with E-state index in [2.05, 4.69) is 138 Å². The summed E-state index contributed by atoms with van der Waals surface area (Å²) in [6.45, 7) is 8.10. The van der Waals surface area contributed by atoms with Gasteiger partial charge in [0.1, 0.15) is 4.83 Å².